The van der Waals surface area contributed by atoms with E-state index in [4.69, 9.17) is 14.0 Å². The first kappa shape index (κ1) is 20.5. The summed E-state index contributed by atoms with van der Waals surface area (Å²) in [7, 11) is 0. The first-order chi connectivity index (χ1) is 14.0. The van der Waals surface area contributed by atoms with Gasteiger partial charge in [0.15, 0.2) is 11.5 Å². The topological polar surface area (TPSA) is 73.6 Å². The Morgan fingerprint density at radius 2 is 1.76 bits per heavy atom. The van der Waals surface area contributed by atoms with Gasteiger partial charge in [0.25, 0.3) is 5.91 Å². The summed E-state index contributed by atoms with van der Waals surface area (Å²) in [5, 5.41) is 7.12. The molecule has 0 saturated carbocycles. The molecule has 2 aromatic carbocycles. The molecule has 0 aliphatic rings. The number of carbonyl (C=O) groups excluding carboxylic acids is 1. The molecule has 1 atom stereocenters. The van der Waals surface area contributed by atoms with E-state index >= 15 is 0 Å². The highest BCUT2D eigenvalue weighted by Gasteiger charge is 2.23. The van der Waals surface area contributed by atoms with E-state index in [1.807, 2.05) is 69.3 Å². The van der Waals surface area contributed by atoms with Crippen molar-refractivity contribution >= 4 is 5.91 Å². The van der Waals surface area contributed by atoms with Crippen molar-refractivity contribution in [2.24, 2.45) is 0 Å². The minimum atomic E-state index is -0.240. The van der Waals surface area contributed by atoms with Crippen molar-refractivity contribution in [3.05, 3.63) is 65.4 Å². The predicted octanol–water partition coefficient (Wildman–Crippen LogP) is 4.94. The average molecular weight is 394 g/mol. The van der Waals surface area contributed by atoms with E-state index in [0.717, 1.165) is 11.1 Å². The number of hydrogen-bond donors (Lipinski definition) is 1. The smallest absolute Gasteiger partial charge is 0.257 e. The second-order valence-electron chi connectivity index (χ2n) is 6.60. The Morgan fingerprint density at radius 1 is 1.07 bits per heavy atom. The van der Waals surface area contributed by atoms with E-state index in [2.05, 4.69) is 10.5 Å². The summed E-state index contributed by atoms with van der Waals surface area (Å²) in [5.74, 6) is 1.61. The Balaban J connectivity index is 1.83. The van der Waals surface area contributed by atoms with Crippen LogP contribution in [0.2, 0.25) is 0 Å². The molecule has 1 aromatic heterocycles. The van der Waals surface area contributed by atoms with Gasteiger partial charge < -0.3 is 19.3 Å². The number of ether oxygens (including phenoxy) is 2. The number of hydrogen-bond acceptors (Lipinski definition) is 5. The monoisotopic (exact) mass is 394 g/mol. The molecule has 152 valence electrons. The Hall–Kier alpha value is -3.28. The lowest BCUT2D eigenvalue weighted by Gasteiger charge is -2.17. The molecular weight excluding hydrogens is 368 g/mol. The van der Waals surface area contributed by atoms with Crippen LogP contribution < -0.4 is 14.8 Å². The lowest BCUT2D eigenvalue weighted by molar-refractivity contribution is 0.0939. The van der Waals surface area contributed by atoms with E-state index in [-0.39, 0.29) is 11.9 Å². The van der Waals surface area contributed by atoms with Crippen LogP contribution in [0.3, 0.4) is 0 Å². The van der Waals surface area contributed by atoms with E-state index in [0.29, 0.717) is 41.7 Å². The largest absolute Gasteiger partial charge is 0.490 e. The van der Waals surface area contributed by atoms with Gasteiger partial charge in [0.05, 0.1) is 19.3 Å². The Kier molecular flexibility index (Phi) is 6.54. The van der Waals surface area contributed by atoms with Crippen LogP contribution >= 0.6 is 0 Å². The molecule has 0 spiro atoms. The molecule has 1 unspecified atom stereocenters. The van der Waals surface area contributed by atoms with Crippen LogP contribution in [0.1, 0.15) is 48.5 Å². The molecule has 1 amide bonds. The minimum absolute atomic E-state index is 0.234. The van der Waals surface area contributed by atoms with Gasteiger partial charge in [-0.3, -0.25) is 4.79 Å². The van der Waals surface area contributed by atoms with Crippen molar-refractivity contribution < 1.29 is 18.8 Å². The van der Waals surface area contributed by atoms with Crippen LogP contribution in [0.25, 0.3) is 11.3 Å². The number of carbonyl (C=O) groups is 1. The fraction of sp³-hybridized carbons (Fsp3) is 0.304. The quantitative estimate of drug-likeness (QED) is 0.586. The summed E-state index contributed by atoms with van der Waals surface area (Å²) in [6.07, 6.45) is 0. The van der Waals surface area contributed by atoms with Crippen LogP contribution in [-0.2, 0) is 0 Å². The number of benzene rings is 2. The van der Waals surface area contributed by atoms with Crippen LogP contribution in [0, 0.1) is 6.92 Å². The molecule has 6 heteroatoms. The molecule has 0 radical (unpaired) electrons. The van der Waals surface area contributed by atoms with E-state index in [9.17, 15) is 4.79 Å². The highest BCUT2D eigenvalue weighted by Crippen LogP contribution is 2.31. The van der Waals surface area contributed by atoms with Crippen molar-refractivity contribution in [1.29, 1.82) is 0 Å². The molecule has 0 aliphatic heterocycles. The minimum Gasteiger partial charge on any atom is -0.490 e. The predicted molar refractivity (Wildman–Crippen MR) is 111 cm³/mol. The van der Waals surface area contributed by atoms with Crippen LogP contribution in [0.4, 0.5) is 0 Å². The third-order valence-electron chi connectivity index (χ3n) is 4.55. The Morgan fingerprint density at radius 3 is 2.45 bits per heavy atom. The summed E-state index contributed by atoms with van der Waals surface area (Å²) in [5.41, 5.74) is 2.73. The maximum absolute atomic E-state index is 13.0. The van der Waals surface area contributed by atoms with Gasteiger partial charge in [-0.15, -0.1) is 0 Å². The molecule has 1 heterocycles. The molecule has 3 rings (SSSR count). The molecule has 0 saturated heterocycles. The van der Waals surface area contributed by atoms with Crippen LogP contribution in [0.15, 0.2) is 53.1 Å². The fourth-order valence-electron chi connectivity index (χ4n) is 3.12. The van der Waals surface area contributed by atoms with Gasteiger partial charge in [0, 0.05) is 5.56 Å². The van der Waals surface area contributed by atoms with Crippen molar-refractivity contribution in [2.45, 2.75) is 33.7 Å². The highest BCUT2D eigenvalue weighted by atomic mass is 16.5. The molecule has 29 heavy (non-hydrogen) atoms. The van der Waals surface area contributed by atoms with Gasteiger partial charge in [0.2, 0.25) is 0 Å². The fourth-order valence-corrected chi connectivity index (χ4v) is 3.12. The second-order valence-corrected chi connectivity index (χ2v) is 6.60. The lowest BCUT2D eigenvalue weighted by atomic mass is 10.0. The Bertz CT molecular complexity index is 966. The molecule has 0 fully saturated rings. The maximum Gasteiger partial charge on any atom is 0.257 e. The summed E-state index contributed by atoms with van der Waals surface area (Å²) >= 11 is 0. The zero-order chi connectivity index (χ0) is 20.8. The van der Waals surface area contributed by atoms with Gasteiger partial charge in [-0.2, -0.15) is 0 Å². The average Bonchev–Trinajstić information content (AvgIpc) is 3.12. The third kappa shape index (κ3) is 4.59. The normalized spacial score (nSPS) is 11.7. The molecule has 1 N–H and O–H groups in total. The van der Waals surface area contributed by atoms with Gasteiger partial charge in [0.1, 0.15) is 17.0 Å². The first-order valence-electron chi connectivity index (χ1n) is 9.77. The van der Waals surface area contributed by atoms with Gasteiger partial charge >= 0.3 is 0 Å². The van der Waals surface area contributed by atoms with Crippen molar-refractivity contribution in [3.63, 3.8) is 0 Å². The third-order valence-corrected chi connectivity index (χ3v) is 4.55. The highest BCUT2D eigenvalue weighted by molar-refractivity contribution is 6.00. The number of aryl methyl sites for hydroxylation is 1. The van der Waals surface area contributed by atoms with E-state index in [1.54, 1.807) is 6.92 Å². The molecule has 6 nitrogen and oxygen atoms in total. The molecule has 0 aliphatic carbocycles. The van der Waals surface area contributed by atoms with Gasteiger partial charge in [-0.05, 0) is 45.4 Å². The number of rotatable bonds is 8. The molecular formula is C23H26N2O4. The molecule has 3 aromatic rings. The standard InChI is InChI=1S/C23H26N2O4/c1-5-27-19-13-12-18(14-20(19)28-6-2)15(3)24-23(26)21-16(4)29-25-22(21)17-10-8-7-9-11-17/h7-15H,5-6H2,1-4H3,(H,24,26). The van der Waals surface area contributed by atoms with Gasteiger partial charge in [-0.1, -0.05) is 41.6 Å². The summed E-state index contributed by atoms with van der Waals surface area (Å²) in [6.45, 7) is 8.61. The number of nitrogens with one attached hydrogen (secondary N) is 1. The SMILES string of the molecule is CCOc1ccc(C(C)NC(=O)c2c(-c3ccccc3)noc2C)cc1OCC. The van der Waals surface area contributed by atoms with Crippen molar-refractivity contribution in [1.82, 2.24) is 10.5 Å². The zero-order valence-corrected chi connectivity index (χ0v) is 17.2. The lowest BCUT2D eigenvalue weighted by Crippen LogP contribution is -2.27. The number of aromatic nitrogens is 1. The number of amides is 1. The summed E-state index contributed by atoms with van der Waals surface area (Å²) in [6, 6.07) is 15.0. The summed E-state index contributed by atoms with van der Waals surface area (Å²) in [4.78, 5) is 13.0. The van der Waals surface area contributed by atoms with Crippen molar-refractivity contribution in [2.75, 3.05) is 13.2 Å². The zero-order valence-electron chi connectivity index (χ0n) is 17.2. The van der Waals surface area contributed by atoms with E-state index < -0.39 is 0 Å². The van der Waals surface area contributed by atoms with Crippen molar-refractivity contribution in [3.8, 4) is 22.8 Å². The Labute approximate surface area is 170 Å². The first-order valence-corrected chi connectivity index (χ1v) is 9.77. The molecule has 0 bridgehead atoms. The van der Waals surface area contributed by atoms with Gasteiger partial charge in [-0.25, -0.2) is 0 Å². The summed E-state index contributed by atoms with van der Waals surface area (Å²) < 4.78 is 16.6. The van der Waals surface area contributed by atoms with Crippen LogP contribution in [0.5, 0.6) is 11.5 Å². The number of nitrogens with zero attached hydrogens (tertiary/aromatic N) is 1. The second kappa shape index (κ2) is 9.28. The maximum atomic E-state index is 13.0. The van der Waals surface area contributed by atoms with Crippen LogP contribution in [-0.4, -0.2) is 24.3 Å². The van der Waals surface area contributed by atoms with E-state index in [1.165, 1.54) is 0 Å².